The highest BCUT2D eigenvalue weighted by atomic mass is 16.2. The maximum atomic E-state index is 13.1. The first-order valence-electron chi connectivity index (χ1n) is 19.7. The van der Waals surface area contributed by atoms with Gasteiger partial charge in [0, 0.05) is 12.3 Å². The molecule has 1 aliphatic rings. The molecule has 0 aromatic carbocycles. The van der Waals surface area contributed by atoms with Gasteiger partial charge in [-0.1, -0.05) is 186 Å². The van der Waals surface area contributed by atoms with E-state index in [1.54, 1.807) is 0 Å². The monoisotopic (exact) mass is 602 g/mol. The quantitative estimate of drug-likeness (QED) is 0.102. The minimum absolute atomic E-state index is 0.0103. The summed E-state index contributed by atoms with van der Waals surface area (Å²) in [6, 6.07) is 0. The highest BCUT2D eigenvalue weighted by Crippen LogP contribution is 2.21. The van der Waals surface area contributed by atoms with Crippen LogP contribution < -0.4 is 5.32 Å². The molecule has 1 N–H and O–H groups in total. The summed E-state index contributed by atoms with van der Waals surface area (Å²) in [5.41, 5.74) is 0. The van der Waals surface area contributed by atoms with Crippen molar-refractivity contribution in [2.24, 2.45) is 5.92 Å². The Morgan fingerprint density at radius 1 is 0.512 bits per heavy atom. The van der Waals surface area contributed by atoms with Crippen molar-refractivity contribution in [3.8, 4) is 0 Å². The van der Waals surface area contributed by atoms with E-state index in [0.717, 1.165) is 38.5 Å². The van der Waals surface area contributed by atoms with E-state index in [4.69, 9.17) is 0 Å². The van der Waals surface area contributed by atoms with Gasteiger partial charge < -0.3 is 0 Å². The third-order valence-corrected chi connectivity index (χ3v) is 9.65. The fourth-order valence-electron chi connectivity index (χ4n) is 6.67. The maximum Gasteiger partial charge on any atom is 0.229 e. The molecule has 0 aliphatic carbocycles. The van der Waals surface area contributed by atoms with Crippen LogP contribution in [0.25, 0.3) is 0 Å². The Morgan fingerprint density at radius 2 is 0.907 bits per heavy atom. The van der Waals surface area contributed by atoms with Crippen molar-refractivity contribution in [3.05, 3.63) is 12.2 Å². The number of hydrogen-bond acceptors (Lipinski definition) is 2. The summed E-state index contributed by atoms with van der Waals surface area (Å²) >= 11 is 0. The van der Waals surface area contributed by atoms with Gasteiger partial charge in [0.05, 0.1) is 0 Å². The van der Waals surface area contributed by atoms with Gasteiger partial charge in [-0.2, -0.15) is 0 Å². The number of carbonyl (C=O) groups excluding carboxylic acids is 2. The molecule has 0 saturated carbocycles. The summed E-state index contributed by atoms with van der Waals surface area (Å²) < 4.78 is 0. The van der Waals surface area contributed by atoms with Crippen molar-refractivity contribution >= 4 is 11.8 Å². The number of unbranched alkanes of at least 4 members (excludes halogenated alkanes) is 15. The molecule has 0 aromatic heterocycles. The van der Waals surface area contributed by atoms with Gasteiger partial charge in [-0.05, 0) is 44.9 Å². The van der Waals surface area contributed by atoms with E-state index in [9.17, 15) is 9.59 Å². The van der Waals surface area contributed by atoms with Crippen LogP contribution in [0.1, 0.15) is 225 Å². The van der Waals surface area contributed by atoms with E-state index in [1.807, 2.05) is 0 Å². The van der Waals surface area contributed by atoms with Crippen molar-refractivity contribution in [1.29, 1.82) is 0 Å². The lowest BCUT2D eigenvalue weighted by Crippen LogP contribution is -2.35. The van der Waals surface area contributed by atoms with Crippen molar-refractivity contribution < 1.29 is 9.59 Å². The molecule has 0 fully saturated rings. The number of rotatable bonds is 17. The third-order valence-electron chi connectivity index (χ3n) is 9.65. The Balaban J connectivity index is 2.22. The highest BCUT2D eigenvalue weighted by molar-refractivity contribution is 5.96. The van der Waals surface area contributed by atoms with Crippen molar-refractivity contribution in [2.75, 3.05) is 0 Å². The molecule has 0 radical (unpaired) electrons. The Bertz CT molecular complexity index is 642. The first-order valence-corrected chi connectivity index (χ1v) is 19.7. The van der Waals surface area contributed by atoms with Gasteiger partial charge >= 0.3 is 0 Å². The van der Waals surface area contributed by atoms with Gasteiger partial charge in [0.25, 0.3) is 0 Å². The largest absolute Gasteiger partial charge is 0.296 e. The van der Waals surface area contributed by atoms with E-state index in [2.05, 4.69) is 24.4 Å². The van der Waals surface area contributed by atoms with Crippen LogP contribution in [0.2, 0.25) is 0 Å². The number of imide groups is 1. The fourth-order valence-corrected chi connectivity index (χ4v) is 6.67. The SMILES string of the molecule is CCCCCCCCCCCCCCCCCCC1CCCCCCCCCC/C=C\CCCCCCCC(=O)NC1=O. The molecular weight excluding hydrogens is 526 g/mol. The maximum absolute atomic E-state index is 13.1. The fraction of sp³-hybridized carbons (Fsp3) is 0.900. The molecule has 0 aromatic rings. The van der Waals surface area contributed by atoms with Crippen LogP contribution in [-0.2, 0) is 9.59 Å². The average molecular weight is 602 g/mol. The second-order valence-corrected chi connectivity index (χ2v) is 13.9. The van der Waals surface area contributed by atoms with Crippen LogP contribution in [0.4, 0.5) is 0 Å². The molecule has 3 nitrogen and oxygen atoms in total. The zero-order chi connectivity index (χ0) is 30.9. The van der Waals surface area contributed by atoms with E-state index in [-0.39, 0.29) is 17.7 Å². The molecule has 43 heavy (non-hydrogen) atoms. The summed E-state index contributed by atoms with van der Waals surface area (Å²) in [5.74, 6) is -0.0239. The first kappa shape index (κ1) is 39.9. The molecule has 1 rings (SSSR count). The summed E-state index contributed by atoms with van der Waals surface area (Å²) in [5, 5.41) is 2.79. The lowest BCUT2D eigenvalue weighted by molar-refractivity contribution is -0.133. The van der Waals surface area contributed by atoms with Gasteiger partial charge in [0.15, 0.2) is 0 Å². The van der Waals surface area contributed by atoms with E-state index >= 15 is 0 Å². The summed E-state index contributed by atoms with van der Waals surface area (Å²) in [7, 11) is 0. The van der Waals surface area contributed by atoms with Crippen molar-refractivity contribution in [3.63, 3.8) is 0 Å². The van der Waals surface area contributed by atoms with Crippen LogP contribution in [0, 0.1) is 5.92 Å². The molecule has 1 atom stereocenters. The molecule has 0 saturated heterocycles. The minimum Gasteiger partial charge on any atom is -0.296 e. The zero-order valence-electron chi connectivity index (χ0n) is 29.1. The van der Waals surface area contributed by atoms with Crippen LogP contribution in [0.5, 0.6) is 0 Å². The van der Waals surface area contributed by atoms with Gasteiger partial charge in [0.1, 0.15) is 0 Å². The Morgan fingerprint density at radius 3 is 1.40 bits per heavy atom. The Labute approximate surface area is 269 Å². The molecule has 0 bridgehead atoms. The number of allylic oxidation sites excluding steroid dienone is 2. The van der Waals surface area contributed by atoms with Crippen molar-refractivity contribution in [1.82, 2.24) is 5.32 Å². The summed E-state index contributed by atoms with van der Waals surface area (Å²) in [6.07, 6.45) is 47.5. The number of carbonyl (C=O) groups is 2. The first-order chi connectivity index (χ1) is 21.2. The Hall–Kier alpha value is -1.12. The van der Waals surface area contributed by atoms with E-state index < -0.39 is 0 Å². The molecule has 252 valence electrons. The normalized spacial score (nSPS) is 20.4. The van der Waals surface area contributed by atoms with Crippen molar-refractivity contribution in [2.45, 2.75) is 225 Å². The molecule has 0 spiro atoms. The standard InChI is InChI=1S/C40H75NO2/c1-2-3-4-5-6-7-8-9-10-14-17-20-23-26-29-32-35-38-36-33-30-27-24-21-18-15-12-11-13-16-19-22-25-28-31-34-37-39(42)41-40(38)43/h13,16,38H,2-12,14-15,17-37H2,1H3,(H,41,42,43)/b16-13-. The second-order valence-electron chi connectivity index (χ2n) is 13.9. The minimum atomic E-state index is -0.0525. The van der Waals surface area contributed by atoms with Crippen LogP contribution in [0.15, 0.2) is 12.2 Å². The predicted octanol–water partition coefficient (Wildman–Crippen LogP) is 13.1. The van der Waals surface area contributed by atoms with Gasteiger partial charge in [-0.3, -0.25) is 14.9 Å². The van der Waals surface area contributed by atoms with Crippen LogP contribution in [0.3, 0.4) is 0 Å². The highest BCUT2D eigenvalue weighted by Gasteiger charge is 2.20. The van der Waals surface area contributed by atoms with Crippen LogP contribution in [-0.4, -0.2) is 11.8 Å². The van der Waals surface area contributed by atoms with Crippen LogP contribution >= 0.6 is 0 Å². The Kier molecular flexibility index (Phi) is 30.0. The lowest BCUT2D eigenvalue weighted by Gasteiger charge is -2.16. The number of nitrogens with one attached hydrogen (secondary N) is 1. The molecule has 3 heteroatoms. The zero-order valence-corrected chi connectivity index (χ0v) is 29.1. The van der Waals surface area contributed by atoms with Gasteiger partial charge in [-0.15, -0.1) is 0 Å². The second kappa shape index (κ2) is 32.3. The molecule has 1 unspecified atom stereocenters. The molecule has 1 aliphatic heterocycles. The molecular formula is C40H75NO2. The lowest BCUT2D eigenvalue weighted by atomic mass is 9.93. The number of hydrogen-bond donors (Lipinski definition) is 1. The van der Waals surface area contributed by atoms with Gasteiger partial charge in [-0.25, -0.2) is 0 Å². The smallest absolute Gasteiger partial charge is 0.229 e. The predicted molar refractivity (Wildman–Crippen MR) is 188 cm³/mol. The van der Waals surface area contributed by atoms with Gasteiger partial charge in [0.2, 0.25) is 11.8 Å². The summed E-state index contributed by atoms with van der Waals surface area (Å²) in [4.78, 5) is 25.6. The molecule has 2 amide bonds. The topological polar surface area (TPSA) is 46.2 Å². The molecule has 1 heterocycles. The third kappa shape index (κ3) is 28.1. The van der Waals surface area contributed by atoms with E-state index in [0.29, 0.717) is 6.42 Å². The average Bonchev–Trinajstić information content (AvgIpc) is 3.00. The summed E-state index contributed by atoms with van der Waals surface area (Å²) in [6.45, 7) is 2.29. The van der Waals surface area contributed by atoms with E-state index in [1.165, 1.54) is 173 Å². The number of amides is 2.